The first-order valence-electron chi connectivity index (χ1n) is 12.1. The summed E-state index contributed by atoms with van der Waals surface area (Å²) in [6, 6.07) is 16.7. The van der Waals surface area contributed by atoms with E-state index in [1.54, 1.807) is 54.1 Å². The molecule has 3 heterocycles. The van der Waals surface area contributed by atoms with E-state index in [9.17, 15) is 18.0 Å². The number of carbonyl (C=O) groups is 1. The zero-order valence-electron chi connectivity index (χ0n) is 20.7. The number of pyridine rings is 1. The summed E-state index contributed by atoms with van der Waals surface area (Å²) in [6.45, 7) is 0.974. The Morgan fingerprint density at radius 1 is 0.919 bits per heavy atom. The van der Waals surface area contributed by atoms with Crippen LogP contribution in [0.3, 0.4) is 0 Å². The largest absolute Gasteiger partial charge is 0.497 e. The summed E-state index contributed by atoms with van der Waals surface area (Å²) in [6.07, 6.45) is 0.910. The van der Waals surface area contributed by atoms with Gasteiger partial charge in [-0.2, -0.15) is 4.31 Å². The van der Waals surface area contributed by atoms with Crippen LogP contribution in [0.25, 0.3) is 0 Å². The highest BCUT2D eigenvalue weighted by Crippen LogP contribution is 2.40. The smallest absolute Gasteiger partial charge is 0.250 e. The molecule has 0 radical (unpaired) electrons. The van der Waals surface area contributed by atoms with Crippen LogP contribution in [0.1, 0.15) is 23.6 Å². The molecule has 0 spiro atoms. The first kappa shape index (κ1) is 25.0. The Balaban J connectivity index is 1.39. The number of piperidine rings is 1. The molecule has 37 heavy (non-hydrogen) atoms. The lowest BCUT2D eigenvalue weighted by Crippen LogP contribution is -2.49. The third-order valence-corrected chi connectivity index (χ3v) is 8.90. The second kappa shape index (κ2) is 10.0. The Hall–Kier alpha value is -3.63. The van der Waals surface area contributed by atoms with Gasteiger partial charge in [0.05, 0.1) is 31.2 Å². The Kier molecular flexibility index (Phi) is 6.78. The highest BCUT2D eigenvalue weighted by Gasteiger charge is 2.40. The van der Waals surface area contributed by atoms with Crippen LogP contribution in [0.15, 0.2) is 70.4 Å². The van der Waals surface area contributed by atoms with Crippen molar-refractivity contribution in [3.05, 3.63) is 82.3 Å². The number of benzene rings is 2. The molecule has 2 aliphatic heterocycles. The molecule has 194 valence electrons. The minimum Gasteiger partial charge on any atom is -0.497 e. The summed E-state index contributed by atoms with van der Waals surface area (Å²) in [4.78, 5) is 25.8. The van der Waals surface area contributed by atoms with Crippen LogP contribution in [0, 0.1) is 5.92 Å². The number of rotatable bonds is 7. The van der Waals surface area contributed by atoms with Crippen molar-refractivity contribution in [2.75, 3.05) is 32.6 Å². The number of hydrogen-bond donors (Lipinski definition) is 1. The molecule has 1 fully saturated rings. The maximum atomic E-state index is 13.4. The van der Waals surface area contributed by atoms with Crippen molar-refractivity contribution in [1.82, 2.24) is 8.87 Å². The summed E-state index contributed by atoms with van der Waals surface area (Å²) < 4.78 is 40.4. The second-order valence-corrected chi connectivity index (χ2v) is 11.4. The summed E-state index contributed by atoms with van der Waals surface area (Å²) in [5.74, 6) is 0.861. The number of amides is 1. The Morgan fingerprint density at radius 2 is 1.57 bits per heavy atom. The van der Waals surface area contributed by atoms with E-state index < -0.39 is 10.0 Å². The van der Waals surface area contributed by atoms with Crippen molar-refractivity contribution in [2.24, 2.45) is 5.92 Å². The van der Waals surface area contributed by atoms with Crippen molar-refractivity contribution in [3.63, 3.8) is 0 Å². The van der Waals surface area contributed by atoms with Crippen molar-refractivity contribution in [1.29, 1.82) is 0 Å². The number of ether oxygens (including phenoxy) is 2. The standard InChI is InChI=1S/C27H29N3O6S/c1-35-21-5-3-18(4-6-21)14-25(31)28-24-11-12-26(32)30-16-19-13-20(27(24)30)17-29(15-19)37(33,34)23-9-7-22(36-2)8-10-23/h3-12,19-20H,13-17H2,1-2H3,(H,28,31)/t19-,20+/m0/s1. The molecule has 2 aliphatic rings. The first-order chi connectivity index (χ1) is 17.8. The highest BCUT2D eigenvalue weighted by atomic mass is 32.2. The summed E-state index contributed by atoms with van der Waals surface area (Å²) >= 11 is 0. The molecular weight excluding hydrogens is 494 g/mol. The maximum absolute atomic E-state index is 13.4. The number of fused-ring (bicyclic) bond motifs is 4. The van der Waals surface area contributed by atoms with E-state index in [1.807, 2.05) is 12.1 Å². The molecule has 0 unspecified atom stereocenters. The zero-order valence-corrected chi connectivity index (χ0v) is 21.5. The Morgan fingerprint density at radius 3 is 2.22 bits per heavy atom. The predicted octanol–water partition coefficient (Wildman–Crippen LogP) is 2.85. The minimum absolute atomic E-state index is 0.00206. The number of anilines is 1. The molecule has 10 heteroatoms. The van der Waals surface area contributed by atoms with Crippen LogP contribution in [-0.2, 0) is 27.8 Å². The molecule has 5 rings (SSSR count). The molecule has 2 aromatic carbocycles. The molecule has 2 atom stereocenters. The fourth-order valence-electron chi connectivity index (χ4n) is 5.29. The number of hydrogen-bond acceptors (Lipinski definition) is 6. The molecule has 1 aromatic heterocycles. The third-order valence-electron chi connectivity index (χ3n) is 7.05. The second-order valence-electron chi connectivity index (χ2n) is 9.45. The van der Waals surface area contributed by atoms with Gasteiger partial charge in [-0.1, -0.05) is 12.1 Å². The van der Waals surface area contributed by atoms with Gasteiger partial charge in [0.25, 0.3) is 5.56 Å². The summed E-state index contributed by atoms with van der Waals surface area (Å²) in [5, 5.41) is 2.96. The fourth-order valence-corrected chi connectivity index (χ4v) is 6.85. The number of nitrogens with one attached hydrogen (secondary N) is 1. The van der Waals surface area contributed by atoms with Gasteiger partial charge in [0.2, 0.25) is 15.9 Å². The van der Waals surface area contributed by atoms with Gasteiger partial charge < -0.3 is 19.4 Å². The lowest BCUT2D eigenvalue weighted by atomic mass is 9.83. The van der Waals surface area contributed by atoms with Crippen LogP contribution in [0.5, 0.6) is 11.5 Å². The quantitative estimate of drug-likeness (QED) is 0.511. The van der Waals surface area contributed by atoms with Crippen molar-refractivity contribution in [2.45, 2.75) is 30.2 Å². The van der Waals surface area contributed by atoms with Gasteiger partial charge in [-0.15, -0.1) is 0 Å². The Bertz CT molecular complexity index is 1470. The van der Waals surface area contributed by atoms with E-state index in [2.05, 4.69) is 5.32 Å². The van der Waals surface area contributed by atoms with E-state index in [1.165, 1.54) is 17.5 Å². The third kappa shape index (κ3) is 4.99. The SMILES string of the molecule is COc1ccc(CC(=O)Nc2ccc(=O)n3c2[C@@H]2C[C@@H](CN(S(=O)(=O)c4ccc(OC)cc4)C2)C3)cc1. The van der Waals surface area contributed by atoms with E-state index in [0.717, 1.165) is 12.0 Å². The lowest BCUT2D eigenvalue weighted by molar-refractivity contribution is -0.115. The average molecular weight is 524 g/mol. The van der Waals surface area contributed by atoms with Gasteiger partial charge in [0.15, 0.2) is 0 Å². The highest BCUT2D eigenvalue weighted by molar-refractivity contribution is 7.89. The molecule has 3 aromatic rings. The van der Waals surface area contributed by atoms with Gasteiger partial charge in [-0.3, -0.25) is 9.59 Å². The van der Waals surface area contributed by atoms with Crippen molar-refractivity contribution >= 4 is 21.6 Å². The number of aromatic nitrogens is 1. The monoisotopic (exact) mass is 523 g/mol. The average Bonchev–Trinajstić information content (AvgIpc) is 2.90. The fraction of sp³-hybridized carbons (Fsp3) is 0.333. The van der Waals surface area contributed by atoms with Gasteiger partial charge in [-0.25, -0.2) is 8.42 Å². The van der Waals surface area contributed by atoms with Crippen molar-refractivity contribution < 1.29 is 22.7 Å². The first-order valence-corrected chi connectivity index (χ1v) is 13.5. The van der Waals surface area contributed by atoms with Crippen LogP contribution in [0.2, 0.25) is 0 Å². The molecule has 0 saturated carbocycles. The molecule has 1 saturated heterocycles. The molecule has 2 bridgehead atoms. The van der Waals surface area contributed by atoms with Gasteiger partial charge in [0.1, 0.15) is 11.5 Å². The van der Waals surface area contributed by atoms with E-state index in [4.69, 9.17) is 9.47 Å². The summed E-state index contributed by atoms with van der Waals surface area (Å²) in [7, 11) is -0.617. The van der Waals surface area contributed by atoms with Gasteiger partial charge >= 0.3 is 0 Å². The van der Waals surface area contributed by atoms with Crippen LogP contribution >= 0.6 is 0 Å². The minimum atomic E-state index is -3.73. The van der Waals surface area contributed by atoms with E-state index >= 15 is 0 Å². The predicted molar refractivity (Wildman–Crippen MR) is 139 cm³/mol. The van der Waals surface area contributed by atoms with E-state index in [-0.39, 0.29) is 41.2 Å². The summed E-state index contributed by atoms with van der Waals surface area (Å²) in [5.41, 5.74) is 1.91. The van der Waals surface area contributed by atoms with Crippen molar-refractivity contribution in [3.8, 4) is 11.5 Å². The number of methoxy groups -OCH3 is 2. The molecular formula is C27H29N3O6S. The zero-order chi connectivity index (χ0) is 26.2. The molecule has 9 nitrogen and oxygen atoms in total. The molecule has 1 amide bonds. The Labute approximate surface area is 215 Å². The number of sulfonamides is 1. The van der Waals surface area contributed by atoms with E-state index in [0.29, 0.717) is 36.0 Å². The number of carbonyl (C=O) groups excluding carboxylic acids is 1. The van der Waals surface area contributed by atoms with Gasteiger partial charge in [-0.05, 0) is 60.4 Å². The topological polar surface area (TPSA) is 107 Å². The maximum Gasteiger partial charge on any atom is 0.250 e. The molecule has 0 aliphatic carbocycles. The van der Waals surface area contributed by atoms with Crippen LogP contribution < -0.4 is 20.3 Å². The van der Waals surface area contributed by atoms with Gasteiger partial charge in [0, 0.05) is 37.3 Å². The lowest BCUT2D eigenvalue weighted by Gasteiger charge is -2.42. The normalized spacial score (nSPS) is 19.1. The van der Waals surface area contributed by atoms with Crippen LogP contribution in [-0.4, -0.2) is 50.5 Å². The van der Waals surface area contributed by atoms with Crippen LogP contribution in [0.4, 0.5) is 5.69 Å². The molecule has 1 N–H and O–H groups in total. The number of nitrogens with zero attached hydrogens (tertiary/aromatic N) is 2.